The molecule has 19 heavy (non-hydrogen) atoms. The molecule has 0 fully saturated rings. The predicted octanol–water partition coefficient (Wildman–Crippen LogP) is 4.75. The minimum atomic E-state index is 0.200. The molecule has 1 N–H and O–H groups in total. The molecule has 1 heterocycles. The Hall–Kier alpha value is -1.35. The molecule has 100 valence electrons. The van der Waals surface area contributed by atoms with Crippen LogP contribution in [0.15, 0.2) is 47.1 Å². The van der Waals surface area contributed by atoms with Crippen LogP contribution in [0.4, 0.5) is 5.69 Å². The number of nitrogens with one attached hydrogen (secondary N) is 1. The largest absolute Gasteiger partial charge is 0.379 e. The summed E-state index contributed by atoms with van der Waals surface area (Å²) < 4.78 is 1.01. The molecule has 0 saturated heterocycles. The van der Waals surface area contributed by atoms with E-state index in [0.29, 0.717) is 0 Å². The summed E-state index contributed by atoms with van der Waals surface area (Å²) >= 11 is 3.39. The molecule has 1 aromatic carbocycles. The number of hydrogen-bond donors (Lipinski definition) is 1. The minimum absolute atomic E-state index is 0.200. The third kappa shape index (κ3) is 4.06. The molecule has 2 nitrogen and oxygen atoms in total. The smallest absolute Gasteiger partial charge is 0.0595 e. The fourth-order valence-corrected chi connectivity index (χ4v) is 2.03. The monoisotopic (exact) mass is 318 g/mol. The normalized spacial score (nSPS) is 11.4. The molecular weight excluding hydrogens is 300 g/mol. The number of hydrogen-bond acceptors (Lipinski definition) is 2. The van der Waals surface area contributed by atoms with Crippen LogP contribution in [0.3, 0.4) is 0 Å². The molecule has 1 aromatic heterocycles. The van der Waals surface area contributed by atoms with E-state index >= 15 is 0 Å². The Morgan fingerprint density at radius 1 is 1.05 bits per heavy atom. The van der Waals surface area contributed by atoms with Crippen LogP contribution in [-0.4, -0.2) is 4.98 Å². The van der Waals surface area contributed by atoms with Gasteiger partial charge in [-0.1, -0.05) is 32.9 Å². The first kappa shape index (κ1) is 14.1. The fourth-order valence-electron chi connectivity index (χ4n) is 1.79. The van der Waals surface area contributed by atoms with Crippen LogP contribution >= 0.6 is 15.9 Å². The lowest BCUT2D eigenvalue weighted by Gasteiger charge is -2.19. The summed E-state index contributed by atoms with van der Waals surface area (Å²) in [6.07, 6.45) is 1.82. The third-order valence-corrected chi connectivity index (χ3v) is 3.48. The Morgan fingerprint density at radius 2 is 1.74 bits per heavy atom. The molecule has 3 heteroatoms. The van der Waals surface area contributed by atoms with Crippen LogP contribution in [0, 0.1) is 0 Å². The van der Waals surface area contributed by atoms with Gasteiger partial charge in [0.25, 0.3) is 0 Å². The Labute approximate surface area is 123 Å². The zero-order valence-corrected chi connectivity index (χ0v) is 13.2. The van der Waals surface area contributed by atoms with Crippen molar-refractivity contribution in [1.29, 1.82) is 0 Å². The molecule has 2 aromatic rings. The van der Waals surface area contributed by atoms with E-state index < -0.39 is 0 Å². The summed E-state index contributed by atoms with van der Waals surface area (Å²) in [6, 6.07) is 12.6. The van der Waals surface area contributed by atoms with Crippen LogP contribution in [-0.2, 0) is 12.0 Å². The summed E-state index contributed by atoms with van der Waals surface area (Å²) in [5, 5.41) is 3.38. The SMILES string of the molecule is CC(C)(C)c1ccc(NCc2ccc(Br)cn2)cc1. The quantitative estimate of drug-likeness (QED) is 0.883. The highest BCUT2D eigenvalue weighted by molar-refractivity contribution is 9.10. The van der Waals surface area contributed by atoms with Crippen molar-refractivity contribution in [2.24, 2.45) is 0 Å². The first-order valence-corrected chi connectivity index (χ1v) is 7.19. The highest BCUT2D eigenvalue weighted by Gasteiger charge is 2.12. The van der Waals surface area contributed by atoms with Crippen LogP contribution in [0.5, 0.6) is 0 Å². The number of pyridine rings is 1. The van der Waals surface area contributed by atoms with Gasteiger partial charge in [0.1, 0.15) is 0 Å². The molecule has 2 rings (SSSR count). The molecule has 0 unspecified atom stereocenters. The fraction of sp³-hybridized carbons (Fsp3) is 0.312. The third-order valence-electron chi connectivity index (χ3n) is 3.01. The highest BCUT2D eigenvalue weighted by Crippen LogP contribution is 2.23. The Bertz CT molecular complexity index is 524. The lowest BCUT2D eigenvalue weighted by atomic mass is 9.87. The molecule has 0 bridgehead atoms. The highest BCUT2D eigenvalue weighted by atomic mass is 79.9. The van der Waals surface area contributed by atoms with Gasteiger partial charge in [-0.3, -0.25) is 4.98 Å². The van der Waals surface area contributed by atoms with Crippen molar-refractivity contribution in [3.05, 3.63) is 58.3 Å². The summed E-state index contributed by atoms with van der Waals surface area (Å²) in [6.45, 7) is 7.41. The molecule has 0 radical (unpaired) electrons. The maximum atomic E-state index is 4.34. The van der Waals surface area contributed by atoms with Crippen molar-refractivity contribution in [2.45, 2.75) is 32.7 Å². The molecule has 0 saturated carbocycles. The first-order chi connectivity index (χ1) is 8.95. The Balaban J connectivity index is 1.98. The van der Waals surface area contributed by atoms with Gasteiger partial charge < -0.3 is 5.32 Å². The lowest BCUT2D eigenvalue weighted by molar-refractivity contribution is 0.590. The van der Waals surface area contributed by atoms with Crippen LogP contribution in [0.2, 0.25) is 0 Å². The van der Waals surface area contributed by atoms with Gasteiger partial charge >= 0.3 is 0 Å². The number of anilines is 1. The molecule has 0 aliphatic heterocycles. The standard InChI is InChI=1S/C16H19BrN2/c1-16(2,3)12-4-7-14(8-5-12)19-11-15-9-6-13(17)10-18-15/h4-10,19H,11H2,1-3H3. The van der Waals surface area contributed by atoms with E-state index in [1.54, 1.807) is 0 Å². The number of nitrogens with zero attached hydrogens (tertiary/aromatic N) is 1. The van der Waals surface area contributed by atoms with Crippen LogP contribution < -0.4 is 5.32 Å². The van der Waals surface area contributed by atoms with E-state index in [-0.39, 0.29) is 5.41 Å². The lowest BCUT2D eigenvalue weighted by Crippen LogP contribution is -2.10. The Kier molecular flexibility index (Phi) is 4.25. The van der Waals surface area contributed by atoms with Crippen LogP contribution in [0.25, 0.3) is 0 Å². The van der Waals surface area contributed by atoms with Gasteiger partial charge in [0, 0.05) is 16.4 Å². The second kappa shape index (κ2) is 5.74. The van der Waals surface area contributed by atoms with Gasteiger partial charge in [-0.05, 0) is 51.2 Å². The number of aromatic nitrogens is 1. The van der Waals surface area contributed by atoms with E-state index in [0.717, 1.165) is 22.4 Å². The number of halogens is 1. The predicted molar refractivity (Wildman–Crippen MR) is 84.4 cm³/mol. The molecule has 0 amide bonds. The van der Waals surface area contributed by atoms with E-state index in [4.69, 9.17) is 0 Å². The van der Waals surface area contributed by atoms with Gasteiger partial charge in [-0.25, -0.2) is 0 Å². The zero-order valence-electron chi connectivity index (χ0n) is 11.6. The van der Waals surface area contributed by atoms with E-state index in [9.17, 15) is 0 Å². The van der Waals surface area contributed by atoms with E-state index in [1.165, 1.54) is 5.56 Å². The minimum Gasteiger partial charge on any atom is -0.379 e. The zero-order chi connectivity index (χ0) is 13.9. The van der Waals surface area contributed by atoms with Crippen LogP contribution in [0.1, 0.15) is 32.0 Å². The first-order valence-electron chi connectivity index (χ1n) is 6.40. The molecule has 0 atom stereocenters. The molecule has 0 aliphatic rings. The van der Waals surface area contributed by atoms with Gasteiger partial charge in [0.15, 0.2) is 0 Å². The van der Waals surface area contributed by atoms with Crippen molar-refractivity contribution in [3.8, 4) is 0 Å². The summed E-state index contributed by atoms with van der Waals surface area (Å²) in [5.74, 6) is 0. The average Bonchev–Trinajstić information content (AvgIpc) is 2.37. The molecule has 0 aliphatic carbocycles. The van der Waals surface area contributed by atoms with Gasteiger partial charge in [-0.2, -0.15) is 0 Å². The number of rotatable bonds is 3. The maximum absolute atomic E-state index is 4.34. The summed E-state index contributed by atoms with van der Waals surface area (Å²) in [7, 11) is 0. The van der Waals surface area contributed by atoms with Crippen molar-refractivity contribution in [2.75, 3.05) is 5.32 Å². The van der Waals surface area contributed by atoms with Crippen molar-refractivity contribution in [3.63, 3.8) is 0 Å². The maximum Gasteiger partial charge on any atom is 0.0595 e. The summed E-state index contributed by atoms with van der Waals surface area (Å²) in [5.41, 5.74) is 3.70. The van der Waals surface area contributed by atoms with Gasteiger partial charge in [-0.15, -0.1) is 0 Å². The van der Waals surface area contributed by atoms with Crippen molar-refractivity contribution < 1.29 is 0 Å². The van der Waals surface area contributed by atoms with Gasteiger partial charge in [0.2, 0.25) is 0 Å². The van der Waals surface area contributed by atoms with Gasteiger partial charge in [0.05, 0.1) is 12.2 Å². The van der Waals surface area contributed by atoms with E-state index in [2.05, 4.69) is 71.3 Å². The summed E-state index contributed by atoms with van der Waals surface area (Å²) in [4.78, 5) is 4.34. The Morgan fingerprint density at radius 3 is 2.26 bits per heavy atom. The molecular formula is C16H19BrN2. The number of benzene rings is 1. The van der Waals surface area contributed by atoms with Crippen molar-refractivity contribution in [1.82, 2.24) is 4.98 Å². The molecule has 0 spiro atoms. The average molecular weight is 319 g/mol. The topological polar surface area (TPSA) is 24.9 Å². The second-order valence-corrected chi connectivity index (χ2v) is 6.56. The second-order valence-electron chi connectivity index (χ2n) is 5.65. The van der Waals surface area contributed by atoms with Crippen molar-refractivity contribution >= 4 is 21.6 Å². The van der Waals surface area contributed by atoms with E-state index in [1.807, 2.05) is 18.3 Å².